The van der Waals surface area contributed by atoms with Crippen LogP contribution in [-0.4, -0.2) is 69.8 Å². The monoisotopic (exact) mass is 490 g/mol. The number of rotatable bonds is 8. The third-order valence-corrected chi connectivity index (χ3v) is 10.3. The Balaban J connectivity index is 1.47. The predicted octanol–water partition coefficient (Wildman–Crippen LogP) is 2.90. The van der Waals surface area contributed by atoms with Crippen molar-refractivity contribution < 1.29 is 29.7 Å². The average Bonchev–Trinajstić information content (AvgIpc) is 3.10. The zero-order valence-electron chi connectivity index (χ0n) is 21.3. The quantitative estimate of drug-likeness (QED) is 0.385. The molecular weight excluding hydrogens is 448 g/mol. The second kappa shape index (κ2) is 9.85. The van der Waals surface area contributed by atoms with E-state index in [2.05, 4.69) is 32.2 Å². The SMILES string of the molecule is CC[C@H]1CCC2C3CC=C4C[C@@H](O)C(NC(=O)CN(CC(=O)O)CC(=O)O)C[C@]4(C)C3CC[C@@]21C. The van der Waals surface area contributed by atoms with Gasteiger partial charge in [-0.2, -0.15) is 0 Å². The minimum absolute atomic E-state index is 0.0759. The van der Waals surface area contributed by atoms with Crippen LogP contribution in [0.25, 0.3) is 0 Å². The van der Waals surface area contributed by atoms with Crippen LogP contribution < -0.4 is 5.32 Å². The van der Waals surface area contributed by atoms with E-state index in [4.69, 9.17) is 10.2 Å². The Morgan fingerprint density at radius 1 is 1.06 bits per heavy atom. The Kier molecular flexibility index (Phi) is 7.36. The summed E-state index contributed by atoms with van der Waals surface area (Å²) in [5.74, 6) is -0.0843. The van der Waals surface area contributed by atoms with Gasteiger partial charge in [0.25, 0.3) is 0 Å². The molecule has 0 aromatic carbocycles. The molecular formula is C27H42N2O6. The van der Waals surface area contributed by atoms with Crippen LogP contribution in [0.3, 0.4) is 0 Å². The lowest BCUT2D eigenvalue weighted by Gasteiger charge is -2.59. The molecule has 0 aromatic heterocycles. The van der Waals surface area contributed by atoms with Crippen LogP contribution in [0, 0.1) is 34.5 Å². The zero-order valence-corrected chi connectivity index (χ0v) is 21.3. The molecule has 8 atom stereocenters. The molecule has 35 heavy (non-hydrogen) atoms. The van der Waals surface area contributed by atoms with Crippen molar-refractivity contribution in [2.45, 2.75) is 84.3 Å². The van der Waals surface area contributed by atoms with Gasteiger partial charge < -0.3 is 20.6 Å². The molecule has 8 nitrogen and oxygen atoms in total. The number of carboxylic acids is 2. The predicted molar refractivity (Wildman–Crippen MR) is 131 cm³/mol. The molecule has 0 saturated heterocycles. The summed E-state index contributed by atoms with van der Waals surface area (Å²) >= 11 is 0. The van der Waals surface area contributed by atoms with Crippen molar-refractivity contribution in [3.05, 3.63) is 11.6 Å². The highest BCUT2D eigenvalue weighted by molar-refractivity contribution is 5.80. The summed E-state index contributed by atoms with van der Waals surface area (Å²) in [5.41, 5.74) is 1.67. The van der Waals surface area contributed by atoms with Gasteiger partial charge in [0.15, 0.2) is 0 Å². The second-order valence-corrected chi connectivity index (χ2v) is 12.1. The Hall–Kier alpha value is -1.93. The number of carbonyl (C=O) groups is 3. The van der Waals surface area contributed by atoms with Gasteiger partial charge in [0, 0.05) is 0 Å². The number of amides is 1. The fraction of sp³-hybridized carbons (Fsp3) is 0.815. The summed E-state index contributed by atoms with van der Waals surface area (Å²) in [6.07, 6.45) is 10.3. The third kappa shape index (κ3) is 4.88. The van der Waals surface area contributed by atoms with Crippen molar-refractivity contribution in [3.8, 4) is 0 Å². The summed E-state index contributed by atoms with van der Waals surface area (Å²) < 4.78 is 0. The molecule has 0 heterocycles. The number of carboxylic acid groups (broad SMARTS) is 2. The molecule has 4 rings (SSSR count). The van der Waals surface area contributed by atoms with E-state index >= 15 is 0 Å². The van der Waals surface area contributed by atoms with Crippen LogP contribution >= 0.6 is 0 Å². The number of aliphatic hydroxyl groups is 1. The first-order chi connectivity index (χ1) is 16.5. The lowest BCUT2D eigenvalue weighted by molar-refractivity contribution is -0.142. The molecule has 0 spiro atoms. The maximum atomic E-state index is 12.8. The van der Waals surface area contributed by atoms with E-state index in [9.17, 15) is 19.5 Å². The first kappa shape index (κ1) is 26.1. The molecule has 3 fully saturated rings. The van der Waals surface area contributed by atoms with Crippen LogP contribution in [0.4, 0.5) is 0 Å². The Morgan fingerprint density at radius 3 is 2.37 bits per heavy atom. The molecule has 4 aliphatic carbocycles. The highest BCUT2D eigenvalue weighted by atomic mass is 16.4. The number of allylic oxidation sites excluding steroid dienone is 1. The van der Waals surface area contributed by atoms with Crippen LogP contribution in [0.15, 0.2) is 11.6 Å². The maximum absolute atomic E-state index is 12.8. The largest absolute Gasteiger partial charge is 0.480 e. The van der Waals surface area contributed by atoms with Gasteiger partial charge in [-0.1, -0.05) is 38.8 Å². The first-order valence-electron chi connectivity index (χ1n) is 13.3. The van der Waals surface area contributed by atoms with E-state index in [1.165, 1.54) is 37.7 Å². The van der Waals surface area contributed by atoms with Crippen LogP contribution in [-0.2, 0) is 14.4 Å². The van der Waals surface area contributed by atoms with Crippen LogP contribution in [0.1, 0.15) is 72.1 Å². The lowest BCUT2D eigenvalue weighted by Crippen LogP contribution is -2.57. The molecule has 0 aliphatic heterocycles. The van der Waals surface area contributed by atoms with Gasteiger partial charge >= 0.3 is 11.9 Å². The van der Waals surface area contributed by atoms with Crippen molar-refractivity contribution >= 4 is 17.8 Å². The molecule has 4 N–H and O–H groups in total. The minimum Gasteiger partial charge on any atom is -0.480 e. The van der Waals surface area contributed by atoms with Gasteiger partial charge in [0.05, 0.1) is 31.8 Å². The number of fused-ring (bicyclic) bond motifs is 5. The topological polar surface area (TPSA) is 127 Å². The molecule has 0 bridgehead atoms. The zero-order chi connectivity index (χ0) is 25.5. The maximum Gasteiger partial charge on any atom is 0.317 e. The number of hydrogen-bond donors (Lipinski definition) is 4. The summed E-state index contributed by atoms with van der Waals surface area (Å²) in [7, 11) is 0. The summed E-state index contributed by atoms with van der Waals surface area (Å²) in [5, 5.41) is 31.9. The molecule has 3 saturated carbocycles. The van der Waals surface area contributed by atoms with Crippen LogP contribution in [0.5, 0.6) is 0 Å². The standard InChI is InChI=1S/C27H42N2O6/c1-4-16-6-8-19-18-7-5-17-11-22(30)21(12-27(17,3)20(18)9-10-26(16,19)2)28-23(31)13-29(14-24(32)33)15-25(34)35/h5,16,18-22,30H,4,6-15H2,1-3H3,(H,28,31)(H,32,33)(H,34,35)/t16-,18?,19?,20?,21?,22+,26+,27-/m0/s1. The number of carbonyl (C=O) groups excluding carboxylic acids is 1. The minimum atomic E-state index is -1.19. The van der Waals surface area contributed by atoms with Gasteiger partial charge in [-0.15, -0.1) is 0 Å². The molecule has 4 unspecified atom stereocenters. The Labute approximate surface area is 208 Å². The van der Waals surface area contributed by atoms with Crippen molar-refractivity contribution in [2.75, 3.05) is 19.6 Å². The highest BCUT2D eigenvalue weighted by Gasteiger charge is 2.59. The number of aliphatic hydroxyl groups excluding tert-OH is 1. The summed E-state index contributed by atoms with van der Waals surface area (Å²) in [6, 6.07) is -0.430. The smallest absolute Gasteiger partial charge is 0.317 e. The average molecular weight is 491 g/mol. The number of aliphatic carboxylic acids is 2. The fourth-order valence-electron chi connectivity index (χ4n) is 8.65. The summed E-state index contributed by atoms with van der Waals surface area (Å²) in [4.78, 5) is 36.0. The summed E-state index contributed by atoms with van der Waals surface area (Å²) in [6.45, 7) is 5.78. The Bertz CT molecular complexity index is 873. The second-order valence-electron chi connectivity index (χ2n) is 12.1. The normalized spacial score (nSPS) is 40.3. The van der Waals surface area contributed by atoms with E-state index in [1.54, 1.807) is 0 Å². The Morgan fingerprint density at radius 2 is 1.74 bits per heavy atom. The van der Waals surface area contributed by atoms with Gasteiger partial charge in [-0.3, -0.25) is 19.3 Å². The molecule has 1 amide bonds. The first-order valence-corrected chi connectivity index (χ1v) is 13.3. The van der Waals surface area contributed by atoms with Gasteiger partial charge in [-0.25, -0.2) is 0 Å². The van der Waals surface area contributed by atoms with Gasteiger partial charge in [0.1, 0.15) is 0 Å². The van der Waals surface area contributed by atoms with Crippen molar-refractivity contribution in [3.63, 3.8) is 0 Å². The number of nitrogens with zero attached hydrogens (tertiary/aromatic N) is 1. The van der Waals surface area contributed by atoms with Gasteiger partial charge in [0.2, 0.25) is 5.91 Å². The number of hydrogen-bond acceptors (Lipinski definition) is 5. The van der Waals surface area contributed by atoms with Gasteiger partial charge in [-0.05, 0) is 79.4 Å². The van der Waals surface area contributed by atoms with E-state index in [1.807, 2.05) is 0 Å². The molecule has 8 heteroatoms. The molecule has 196 valence electrons. The number of nitrogens with one attached hydrogen (secondary N) is 1. The van der Waals surface area contributed by atoms with E-state index in [0.29, 0.717) is 30.1 Å². The van der Waals surface area contributed by atoms with Crippen molar-refractivity contribution in [1.29, 1.82) is 0 Å². The molecule has 0 radical (unpaired) electrons. The highest BCUT2D eigenvalue weighted by Crippen LogP contribution is 2.66. The fourth-order valence-corrected chi connectivity index (χ4v) is 8.65. The van der Waals surface area contributed by atoms with E-state index in [0.717, 1.165) is 23.2 Å². The van der Waals surface area contributed by atoms with Crippen LogP contribution in [0.2, 0.25) is 0 Å². The van der Waals surface area contributed by atoms with E-state index in [-0.39, 0.29) is 12.0 Å². The molecule has 4 aliphatic rings. The van der Waals surface area contributed by atoms with E-state index < -0.39 is 43.1 Å². The van der Waals surface area contributed by atoms with Crippen molar-refractivity contribution in [1.82, 2.24) is 10.2 Å². The van der Waals surface area contributed by atoms with Crippen molar-refractivity contribution in [2.24, 2.45) is 34.5 Å². The molecule has 0 aromatic rings. The third-order valence-electron chi connectivity index (χ3n) is 10.3. The lowest BCUT2D eigenvalue weighted by atomic mass is 9.47.